The first-order chi connectivity index (χ1) is 12.6. The molecule has 0 saturated heterocycles. The van der Waals surface area contributed by atoms with Gasteiger partial charge >= 0.3 is 5.97 Å². The molecule has 0 aliphatic heterocycles. The molecular weight excluding hydrogens is 340 g/mol. The van der Waals surface area contributed by atoms with Crippen LogP contribution in [0.1, 0.15) is 53.4 Å². The Labute approximate surface area is 160 Å². The Bertz CT molecular complexity index is 818. The fourth-order valence-electron chi connectivity index (χ4n) is 6.71. The molecule has 4 aliphatic rings. The Morgan fingerprint density at radius 1 is 1.07 bits per heavy atom. The van der Waals surface area contributed by atoms with E-state index in [2.05, 4.69) is 32.1 Å². The minimum Gasteiger partial charge on any atom is -0.451 e. The van der Waals surface area contributed by atoms with Crippen LogP contribution in [0.5, 0.6) is 0 Å². The quantitative estimate of drug-likeness (QED) is 0.692. The maximum Gasteiger partial charge on any atom is 0.303 e. The van der Waals surface area contributed by atoms with Crippen molar-refractivity contribution in [2.75, 3.05) is 0 Å². The first-order valence-electron chi connectivity index (χ1n) is 9.98. The van der Waals surface area contributed by atoms with Crippen LogP contribution >= 0.6 is 0 Å². The van der Waals surface area contributed by atoms with Gasteiger partial charge in [-0.3, -0.25) is 14.4 Å². The summed E-state index contributed by atoms with van der Waals surface area (Å²) in [5, 5.41) is 0. The fourth-order valence-corrected chi connectivity index (χ4v) is 6.71. The van der Waals surface area contributed by atoms with Crippen molar-refractivity contribution in [1.29, 1.82) is 0 Å². The van der Waals surface area contributed by atoms with Gasteiger partial charge in [0.2, 0.25) is 0 Å². The van der Waals surface area contributed by atoms with Gasteiger partial charge in [-0.05, 0) is 68.1 Å². The van der Waals surface area contributed by atoms with E-state index in [-0.39, 0.29) is 28.4 Å². The van der Waals surface area contributed by atoms with E-state index in [0.717, 1.165) is 24.8 Å². The van der Waals surface area contributed by atoms with Crippen LogP contribution in [0.3, 0.4) is 0 Å². The first kappa shape index (κ1) is 18.4. The van der Waals surface area contributed by atoms with Crippen molar-refractivity contribution in [2.24, 2.45) is 28.6 Å². The molecule has 4 heteroatoms. The van der Waals surface area contributed by atoms with Gasteiger partial charge in [-0.25, -0.2) is 0 Å². The maximum atomic E-state index is 12.7. The Kier molecular flexibility index (Phi) is 3.93. The highest BCUT2D eigenvalue weighted by Gasteiger charge is 2.67. The standard InChI is InChI=1S/C23H28O4/c1-14(24)23(27-15(2)25)12-9-20-18-6-5-16-13-17(26)7-10-21(16,3)19(18)8-11-22(20,23)4/h5-7,10,13,18-20H,8-9,11-12H2,1-4H3. The van der Waals surface area contributed by atoms with Gasteiger partial charge < -0.3 is 4.74 Å². The molecule has 0 heterocycles. The van der Waals surface area contributed by atoms with E-state index in [0.29, 0.717) is 24.2 Å². The topological polar surface area (TPSA) is 60.4 Å². The van der Waals surface area contributed by atoms with Crippen molar-refractivity contribution in [3.8, 4) is 0 Å². The third-order valence-electron chi connectivity index (χ3n) is 8.12. The fraction of sp³-hybridized carbons (Fsp3) is 0.609. The number of carbonyl (C=O) groups is 3. The van der Waals surface area contributed by atoms with Crippen molar-refractivity contribution >= 4 is 17.5 Å². The number of ether oxygens (including phenoxy) is 1. The summed E-state index contributed by atoms with van der Waals surface area (Å²) in [5.74, 6) is 0.657. The Hall–Kier alpha value is -1.97. The molecule has 0 aromatic rings. The normalized spacial score (nSPS) is 44.8. The average Bonchev–Trinajstić information content (AvgIpc) is 2.89. The Morgan fingerprint density at radius 2 is 1.78 bits per heavy atom. The summed E-state index contributed by atoms with van der Waals surface area (Å²) in [5.41, 5.74) is -0.396. The molecule has 2 saturated carbocycles. The van der Waals surface area contributed by atoms with E-state index in [1.165, 1.54) is 6.92 Å². The molecule has 0 bridgehead atoms. The third-order valence-corrected chi connectivity index (χ3v) is 8.12. The maximum absolute atomic E-state index is 12.7. The summed E-state index contributed by atoms with van der Waals surface area (Å²) in [7, 11) is 0. The molecule has 2 fully saturated rings. The number of Topliss-reactive ketones (excluding diaryl/α,β-unsaturated/α-hetero) is 1. The molecule has 4 rings (SSSR count). The smallest absolute Gasteiger partial charge is 0.303 e. The third kappa shape index (κ3) is 2.31. The van der Waals surface area contributed by atoms with E-state index in [4.69, 9.17) is 4.74 Å². The van der Waals surface area contributed by atoms with Gasteiger partial charge in [-0.2, -0.15) is 0 Å². The lowest BCUT2D eigenvalue weighted by atomic mass is 9.49. The van der Waals surface area contributed by atoms with Crippen molar-refractivity contribution in [1.82, 2.24) is 0 Å². The van der Waals surface area contributed by atoms with Crippen LogP contribution in [0, 0.1) is 28.6 Å². The summed E-state index contributed by atoms with van der Waals surface area (Å²) in [4.78, 5) is 36.4. The highest BCUT2D eigenvalue weighted by molar-refractivity contribution is 6.01. The van der Waals surface area contributed by atoms with Gasteiger partial charge in [0.25, 0.3) is 0 Å². The lowest BCUT2D eigenvalue weighted by Gasteiger charge is -2.56. The van der Waals surface area contributed by atoms with Crippen LogP contribution in [0.2, 0.25) is 0 Å². The van der Waals surface area contributed by atoms with Crippen LogP contribution in [0.4, 0.5) is 0 Å². The lowest BCUT2D eigenvalue weighted by Crippen LogP contribution is -2.57. The molecule has 27 heavy (non-hydrogen) atoms. The van der Waals surface area contributed by atoms with Crippen molar-refractivity contribution in [2.45, 2.75) is 59.0 Å². The zero-order chi connectivity index (χ0) is 19.6. The van der Waals surface area contributed by atoms with E-state index >= 15 is 0 Å². The number of fused-ring (bicyclic) bond motifs is 5. The van der Waals surface area contributed by atoms with Crippen LogP contribution in [0.15, 0.2) is 36.0 Å². The summed E-state index contributed by atoms with van der Waals surface area (Å²) in [6, 6.07) is 0. The largest absolute Gasteiger partial charge is 0.451 e. The molecular formula is C23H28O4. The van der Waals surface area contributed by atoms with Gasteiger partial charge in [0.05, 0.1) is 0 Å². The average molecular weight is 368 g/mol. The van der Waals surface area contributed by atoms with E-state index < -0.39 is 5.60 Å². The zero-order valence-corrected chi connectivity index (χ0v) is 16.6. The molecule has 0 amide bonds. The number of hydrogen-bond donors (Lipinski definition) is 0. The predicted octanol–water partition coefficient (Wildman–Crippen LogP) is 3.96. The SMILES string of the molecule is CC(=O)OC1(C(C)=O)CCC2C3C=CC4=CC(=O)C=CC4(C)C3CCC21C. The molecule has 0 aromatic heterocycles. The van der Waals surface area contributed by atoms with Crippen molar-refractivity contribution in [3.05, 3.63) is 36.0 Å². The van der Waals surface area contributed by atoms with E-state index in [1.54, 1.807) is 19.1 Å². The Balaban J connectivity index is 1.76. The molecule has 0 radical (unpaired) electrons. The number of hydrogen-bond acceptors (Lipinski definition) is 4. The highest BCUT2D eigenvalue weighted by Crippen LogP contribution is 2.66. The summed E-state index contributed by atoms with van der Waals surface area (Å²) < 4.78 is 5.78. The number of esters is 1. The monoisotopic (exact) mass is 368 g/mol. The molecule has 144 valence electrons. The number of ketones is 2. The minimum absolute atomic E-state index is 0.0316. The van der Waals surface area contributed by atoms with Gasteiger partial charge in [0.15, 0.2) is 17.2 Å². The summed E-state index contributed by atoms with van der Waals surface area (Å²) in [6.45, 7) is 7.34. The van der Waals surface area contributed by atoms with Crippen molar-refractivity contribution in [3.63, 3.8) is 0 Å². The summed E-state index contributed by atoms with van der Waals surface area (Å²) >= 11 is 0. The van der Waals surface area contributed by atoms with Crippen LogP contribution in [-0.4, -0.2) is 23.1 Å². The second-order valence-corrected chi connectivity index (χ2v) is 9.24. The molecule has 6 atom stereocenters. The molecule has 4 nitrogen and oxygen atoms in total. The molecule has 0 N–H and O–H groups in total. The molecule has 0 spiro atoms. The second kappa shape index (κ2) is 5.76. The van der Waals surface area contributed by atoms with E-state index in [1.807, 2.05) is 0 Å². The van der Waals surface area contributed by atoms with Crippen LogP contribution in [0.25, 0.3) is 0 Å². The number of allylic oxidation sites excluding steroid dienone is 6. The van der Waals surface area contributed by atoms with Gasteiger partial charge in [-0.15, -0.1) is 0 Å². The second-order valence-electron chi connectivity index (χ2n) is 9.24. The molecule has 0 aromatic carbocycles. The number of rotatable bonds is 2. The first-order valence-corrected chi connectivity index (χ1v) is 9.98. The predicted molar refractivity (Wildman–Crippen MR) is 102 cm³/mol. The van der Waals surface area contributed by atoms with Gasteiger partial charge in [-0.1, -0.05) is 32.1 Å². The molecule has 6 unspecified atom stereocenters. The molecule has 4 aliphatic carbocycles. The van der Waals surface area contributed by atoms with Crippen molar-refractivity contribution < 1.29 is 19.1 Å². The van der Waals surface area contributed by atoms with Crippen LogP contribution < -0.4 is 0 Å². The highest BCUT2D eigenvalue weighted by atomic mass is 16.6. The zero-order valence-electron chi connectivity index (χ0n) is 16.6. The Morgan fingerprint density at radius 3 is 2.44 bits per heavy atom. The van der Waals surface area contributed by atoms with E-state index in [9.17, 15) is 14.4 Å². The minimum atomic E-state index is -1.00. The van der Waals surface area contributed by atoms with Gasteiger partial charge in [0, 0.05) is 17.8 Å². The number of carbonyl (C=O) groups excluding carboxylic acids is 3. The summed E-state index contributed by atoms with van der Waals surface area (Å²) in [6.07, 6.45) is 13.2. The lowest BCUT2D eigenvalue weighted by molar-refractivity contribution is -0.184. The van der Waals surface area contributed by atoms with Crippen LogP contribution in [-0.2, 0) is 19.1 Å². The van der Waals surface area contributed by atoms with Gasteiger partial charge in [0.1, 0.15) is 0 Å².